The van der Waals surface area contributed by atoms with E-state index in [1.165, 1.54) is 7.11 Å². The van der Waals surface area contributed by atoms with Gasteiger partial charge in [0.05, 0.1) is 20.1 Å². The van der Waals surface area contributed by atoms with Crippen molar-refractivity contribution in [2.24, 2.45) is 5.92 Å². The van der Waals surface area contributed by atoms with Crippen molar-refractivity contribution in [3.63, 3.8) is 0 Å². The Kier molecular flexibility index (Phi) is 4.64. The van der Waals surface area contributed by atoms with Gasteiger partial charge in [-0.3, -0.25) is 4.79 Å². The Hall–Kier alpha value is -1.71. The van der Waals surface area contributed by atoms with Crippen molar-refractivity contribution in [3.8, 4) is 5.75 Å². The average molecular weight is 223 g/mol. The molecule has 0 aliphatic rings. The van der Waals surface area contributed by atoms with E-state index >= 15 is 0 Å². The van der Waals surface area contributed by atoms with E-state index < -0.39 is 0 Å². The van der Waals surface area contributed by atoms with E-state index in [0.29, 0.717) is 6.54 Å². The van der Waals surface area contributed by atoms with Crippen LogP contribution in [0.3, 0.4) is 0 Å². The second kappa shape index (κ2) is 6.00. The number of carbonyl (C=O) groups excluding carboxylic acids is 1. The Morgan fingerprint density at radius 3 is 2.81 bits per heavy atom. The monoisotopic (exact) mass is 223 g/mol. The van der Waals surface area contributed by atoms with Gasteiger partial charge in [0.1, 0.15) is 5.75 Å². The molecule has 0 bridgehead atoms. The standard InChI is InChI=1S/C12H17NO3/c1-9(12(14)16-3)8-13-10-5-4-6-11(7-10)15-2/h4-7,9,13H,8H2,1-3H3. The van der Waals surface area contributed by atoms with Gasteiger partial charge in [0, 0.05) is 18.3 Å². The number of ether oxygens (including phenoxy) is 2. The molecule has 0 saturated carbocycles. The summed E-state index contributed by atoms with van der Waals surface area (Å²) in [5.41, 5.74) is 0.926. The van der Waals surface area contributed by atoms with Gasteiger partial charge in [-0.05, 0) is 12.1 Å². The summed E-state index contributed by atoms with van der Waals surface area (Å²) in [4.78, 5) is 11.2. The number of hydrogen-bond donors (Lipinski definition) is 1. The third-order valence-corrected chi connectivity index (χ3v) is 2.29. The van der Waals surface area contributed by atoms with Gasteiger partial charge in [-0.1, -0.05) is 13.0 Å². The molecule has 88 valence electrons. The van der Waals surface area contributed by atoms with Crippen LogP contribution in [0.4, 0.5) is 5.69 Å². The van der Waals surface area contributed by atoms with E-state index in [4.69, 9.17) is 4.74 Å². The van der Waals surface area contributed by atoms with Crippen LogP contribution in [0.5, 0.6) is 5.75 Å². The van der Waals surface area contributed by atoms with E-state index in [0.717, 1.165) is 11.4 Å². The highest BCUT2D eigenvalue weighted by molar-refractivity contribution is 5.72. The van der Waals surface area contributed by atoms with E-state index in [1.807, 2.05) is 31.2 Å². The summed E-state index contributed by atoms with van der Waals surface area (Å²) in [7, 11) is 3.01. The summed E-state index contributed by atoms with van der Waals surface area (Å²) < 4.78 is 9.74. The first-order valence-electron chi connectivity index (χ1n) is 5.13. The van der Waals surface area contributed by atoms with Crippen LogP contribution in [0.2, 0.25) is 0 Å². The van der Waals surface area contributed by atoms with Crippen molar-refractivity contribution in [1.29, 1.82) is 0 Å². The fraction of sp³-hybridized carbons (Fsp3) is 0.417. The lowest BCUT2D eigenvalue weighted by Crippen LogP contribution is -2.21. The molecule has 1 unspecified atom stereocenters. The van der Waals surface area contributed by atoms with Crippen molar-refractivity contribution in [2.45, 2.75) is 6.92 Å². The molecular formula is C12H17NO3. The highest BCUT2D eigenvalue weighted by atomic mass is 16.5. The number of nitrogens with one attached hydrogen (secondary N) is 1. The van der Waals surface area contributed by atoms with Gasteiger partial charge in [-0.25, -0.2) is 0 Å². The van der Waals surface area contributed by atoms with Crippen molar-refractivity contribution < 1.29 is 14.3 Å². The first kappa shape index (κ1) is 12.4. The first-order chi connectivity index (χ1) is 7.67. The molecule has 1 aromatic carbocycles. The van der Waals surface area contributed by atoms with Gasteiger partial charge in [-0.15, -0.1) is 0 Å². The normalized spacial score (nSPS) is 11.7. The van der Waals surface area contributed by atoms with Gasteiger partial charge in [-0.2, -0.15) is 0 Å². The summed E-state index contributed by atoms with van der Waals surface area (Å²) in [6, 6.07) is 7.56. The Bertz CT molecular complexity index is 352. The molecule has 0 spiro atoms. The summed E-state index contributed by atoms with van der Waals surface area (Å²) >= 11 is 0. The number of benzene rings is 1. The maximum atomic E-state index is 11.2. The highest BCUT2D eigenvalue weighted by Gasteiger charge is 2.12. The van der Waals surface area contributed by atoms with E-state index in [2.05, 4.69) is 10.1 Å². The number of anilines is 1. The van der Waals surface area contributed by atoms with Crippen LogP contribution in [0.25, 0.3) is 0 Å². The predicted octanol–water partition coefficient (Wildman–Crippen LogP) is 1.92. The molecule has 0 aromatic heterocycles. The SMILES string of the molecule is COC(=O)C(C)CNc1cccc(OC)c1. The third-order valence-electron chi connectivity index (χ3n) is 2.29. The van der Waals surface area contributed by atoms with Gasteiger partial charge in [0.2, 0.25) is 0 Å². The van der Waals surface area contributed by atoms with Crippen LogP contribution in [-0.4, -0.2) is 26.7 Å². The third kappa shape index (κ3) is 3.46. The number of carbonyl (C=O) groups is 1. The largest absolute Gasteiger partial charge is 0.497 e. The second-order valence-corrected chi connectivity index (χ2v) is 3.54. The molecule has 0 aliphatic heterocycles. The van der Waals surface area contributed by atoms with Crippen LogP contribution >= 0.6 is 0 Å². The molecule has 16 heavy (non-hydrogen) atoms. The minimum Gasteiger partial charge on any atom is -0.497 e. The average Bonchev–Trinajstić information content (AvgIpc) is 2.35. The van der Waals surface area contributed by atoms with Gasteiger partial charge in [0.25, 0.3) is 0 Å². The van der Waals surface area contributed by atoms with Crippen molar-refractivity contribution in [2.75, 3.05) is 26.1 Å². The van der Waals surface area contributed by atoms with E-state index in [9.17, 15) is 4.79 Å². The topological polar surface area (TPSA) is 47.6 Å². The highest BCUT2D eigenvalue weighted by Crippen LogP contribution is 2.16. The number of hydrogen-bond acceptors (Lipinski definition) is 4. The lowest BCUT2D eigenvalue weighted by molar-refractivity contribution is -0.144. The van der Waals surface area contributed by atoms with Crippen molar-refractivity contribution in [1.82, 2.24) is 0 Å². The van der Waals surface area contributed by atoms with E-state index in [-0.39, 0.29) is 11.9 Å². The zero-order chi connectivity index (χ0) is 12.0. The Balaban J connectivity index is 2.51. The molecule has 0 saturated heterocycles. The molecule has 0 amide bonds. The quantitative estimate of drug-likeness (QED) is 0.775. The zero-order valence-electron chi connectivity index (χ0n) is 9.82. The number of esters is 1. The molecule has 0 radical (unpaired) electrons. The van der Waals surface area contributed by atoms with Gasteiger partial charge in [0.15, 0.2) is 0 Å². The maximum Gasteiger partial charge on any atom is 0.310 e. The number of methoxy groups -OCH3 is 2. The zero-order valence-corrected chi connectivity index (χ0v) is 9.82. The Morgan fingerprint density at radius 2 is 2.19 bits per heavy atom. The lowest BCUT2D eigenvalue weighted by Gasteiger charge is -2.12. The lowest BCUT2D eigenvalue weighted by atomic mass is 10.2. The molecule has 0 fully saturated rings. The predicted molar refractivity (Wildman–Crippen MR) is 62.7 cm³/mol. The molecule has 0 heterocycles. The molecular weight excluding hydrogens is 206 g/mol. The molecule has 1 rings (SSSR count). The first-order valence-corrected chi connectivity index (χ1v) is 5.13. The van der Waals surface area contributed by atoms with E-state index in [1.54, 1.807) is 7.11 Å². The molecule has 4 nitrogen and oxygen atoms in total. The van der Waals surface area contributed by atoms with Crippen LogP contribution in [0.1, 0.15) is 6.92 Å². The summed E-state index contributed by atoms with van der Waals surface area (Å²) in [5, 5.41) is 3.15. The molecule has 4 heteroatoms. The molecule has 1 N–H and O–H groups in total. The van der Waals surface area contributed by atoms with Crippen molar-refractivity contribution in [3.05, 3.63) is 24.3 Å². The van der Waals surface area contributed by atoms with Gasteiger partial charge < -0.3 is 14.8 Å². The van der Waals surface area contributed by atoms with Crippen LogP contribution < -0.4 is 10.1 Å². The van der Waals surface area contributed by atoms with Crippen LogP contribution in [0.15, 0.2) is 24.3 Å². The van der Waals surface area contributed by atoms with Gasteiger partial charge >= 0.3 is 5.97 Å². The van der Waals surface area contributed by atoms with Crippen LogP contribution in [-0.2, 0) is 9.53 Å². The summed E-state index contributed by atoms with van der Waals surface area (Å²) in [6.07, 6.45) is 0. The summed E-state index contributed by atoms with van der Waals surface area (Å²) in [5.74, 6) is 0.405. The molecule has 1 aromatic rings. The Labute approximate surface area is 95.6 Å². The number of rotatable bonds is 5. The second-order valence-electron chi connectivity index (χ2n) is 3.54. The fourth-order valence-corrected chi connectivity index (χ4v) is 1.29. The van der Waals surface area contributed by atoms with Crippen molar-refractivity contribution >= 4 is 11.7 Å². The Morgan fingerprint density at radius 1 is 1.44 bits per heavy atom. The van der Waals surface area contributed by atoms with Crippen LogP contribution in [0, 0.1) is 5.92 Å². The minimum absolute atomic E-state index is 0.170. The smallest absolute Gasteiger partial charge is 0.310 e. The maximum absolute atomic E-state index is 11.2. The summed E-state index contributed by atoms with van der Waals surface area (Å²) in [6.45, 7) is 2.36. The molecule has 0 aliphatic carbocycles. The molecule has 1 atom stereocenters. The fourth-order valence-electron chi connectivity index (χ4n) is 1.29. The minimum atomic E-state index is -0.213.